The van der Waals surface area contributed by atoms with Crippen LogP contribution < -0.4 is 0 Å². The molecule has 2 aliphatic rings. The number of fused-ring (bicyclic) bond motifs is 5. The lowest BCUT2D eigenvalue weighted by atomic mass is 9.80. The Kier molecular flexibility index (Phi) is 4.48. The van der Waals surface area contributed by atoms with Gasteiger partial charge in [-0.05, 0) is 43.5 Å². The predicted octanol–water partition coefficient (Wildman–Crippen LogP) is 3.20. The van der Waals surface area contributed by atoms with Crippen molar-refractivity contribution in [3.8, 4) is 0 Å². The van der Waals surface area contributed by atoms with Crippen LogP contribution in [0.15, 0.2) is 47.1 Å². The van der Waals surface area contributed by atoms with E-state index in [1.807, 2.05) is 14.0 Å². The zero-order valence-electron chi connectivity index (χ0n) is 16.8. The van der Waals surface area contributed by atoms with Crippen molar-refractivity contribution >= 4 is 16.8 Å². The van der Waals surface area contributed by atoms with E-state index in [2.05, 4.69) is 34.1 Å². The van der Waals surface area contributed by atoms with Gasteiger partial charge in [0.15, 0.2) is 5.76 Å². The summed E-state index contributed by atoms with van der Waals surface area (Å²) in [5.74, 6) is 0.210. The number of nitrogens with zero attached hydrogens (tertiary/aromatic N) is 2. The Bertz CT molecular complexity index is 1020. The number of amides is 1. The molecule has 4 heterocycles. The normalized spacial score (nSPS) is 25.4. The Hall–Kier alpha value is -2.57. The second-order valence-corrected chi connectivity index (χ2v) is 8.42. The third-order valence-electron chi connectivity index (χ3n) is 6.84. The lowest BCUT2D eigenvalue weighted by molar-refractivity contribution is -0.0245. The van der Waals surface area contributed by atoms with Gasteiger partial charge in [-0.25, -0.2) is 0 Å². The Morgan fingerprint density at radius 3 is 2.90 bits per heavy atom. The van der Waals surface area contributed by atoms with Gasteiger partial charge in [-0.15, -0.1) is 0 Å². The molecule has 5 rings (SSSR count). The number of furan rings is 1. The fourth-order valence-electron chi connectivity index (χ4n) is 5.29. The molecule has 6 heteroatoms. The topological polar surface area (TPSA) is 72.7 Å². The van der Waals surface area contributed by atoms with Crippen LogP contribution in [0.5, 0.6) is 0 Å². The van der Waals surface area contributed by atoms with Gasteiger partial charge < -0.3 is 19.4 Å². The number of rotatable bonds is 3. The Labute approximate surface area is 170 Å². The lowest BCUT2D eigenvalue weighted by Crippen LogP contribution is -2.56. The number of nitrogens with one attached hydrogen (secondary N) is 1. The van der Waals surface area contributed by atoms with E-state index in [9.17, 15) is 9.90 Å². The molecule has 0 bridgehead atoms. The van der Waals surface area contributed by atoms with Gasteiger partial charge in [0.25, 0.3) is 5.91 Å². The summed E-state index contributed by atoms with van der Waals surface area (Å²) >= 11 is 0. The van der Waals surface area contributed by atoms with Crippen LogP contribution in [0.25, 0.3) is 10.9 Å². The maximum absolute atomic E-state index is 12.9. The van der Waals surface area contributed by atoms with Crippen molar-refractivity contribution in [3.63, 3.8) is 0 Å². The molecule has 0 saturated carbocycles. The van der Waals surface area contributed by atoms with Crippen LogP contribution >= 0.6 is 0 Å². The predicted molar refractivity (Wildman–Crippen MR) is 111 cm³/mol. The number of aromatic nitrogens is 1. The highest BCUT2D eigenvalue weighted by Gasteiger charge is 2.44. The third kappa shape index (κ3) is 2.98. The van der Waals surface area contributed by atoms with E-state index >= 15 is 0 Å². The molecule has 4 atom stereocenters. The number of piperidine rings is 1. The SMILES string of the molecule is C[C@H](O)[C@@H]1CN2CCc3c([nH]c4ccccc34)[C@@H]2C[C@@H]1N(C)C(=O)c1ccco1. The van der Waals surface area contributed by atoms with E-state index in [1.165, 1.54) is 28.4 Å². The van der Waals surface area contributed by atoms with E-state index in [1.54, 1.807) is 17.0 Å². The minimum atomic E-state index is -0.489. The first-order valence-electron chi connectivity index (χ1n) is 10.4. The monoisotopic (exact) mass is 393 g/mol. The van der Waals surface area contributed by atoms with Crippen molar-refractivity contribution in [1.82, 2.24) is 14.8 Å². The molecule has 1 saturated heterocycles. The fraction of sp³-hybridized carbons (Fsp3) is 0.435. The first kappa shape index (κ1) is 18.5. The van der Waals surface area contributed by atoms with Crippen LogP contribution in [0, 0.1) is 5.92 Å². The molecule has 29 heavy (non-hydrogen) atoms. The summed E-state index contributed by atoms with van der Waals surface area (Å²) in [7, 11) is 1.83. The Morgan fingerprint density at radius 1 is 1.31 bits per heavy atom. The smallest absolute Gasteiger partial charge is 0.289 e. The summed E-state index contributed by atoms with van der Waals surface area (Å²) in [6.45, 7) is 3.59. The lowest BCUT2D eigenvalue weighted by Gasteiger charge is -2.49. The van der Waals surface area contributed by atoms with E-state index < -0.39 is 6.10 Å². The zero-order chi connectivity index (χ0) is 20.1. The summed E-state index contributed by atoms with van der Waals surface area (Å²) in [5, 5.41) is 11.8. The number of hydrogen-bond donors (Lipinski definition) is 2. The summed E-state index contributed by atoms with van der Waals surface area (Å²) in [6.07, 6.45) is 2.83. The molecule has 6 nitrogen and oxygen atoms in total. The minimum absolute atomic E-state index is 0.00101. The molecule has 0 radical (unpaired) electrons. The molecule has 2 N–H and O–H groups in total. The molecular weight excluding hydrogens is 366 g/mol. The van der Waals surface area contributed by atoms with E-state index in [4.69, 9.17) is 4.42 Å². The van der Waals surface area contributed by atoms with E-state index in [0.717, 1.165) is 25.9 Å². The van der Waals surface area contributed by atoms with Gasteiger partial charge in [0.1, 0.15) is 0 Å². The average Bonchev–Trinajstić information content (AvgIpc) is 3.39. The van der Waals surface area contributed by atoms with Crippen LogP contribution in [0.4, 0.5) is 0 Å². The number of aliphatic hydroxyl groups excluding tert-OH is 1. The van der Waals surface area contributed by atoms with Crippen LogP contribution in [-0.4, -0.2) is 58.1 Å². The summed E-state index contributed by atoms with van der Waals surface area (Å²) in [5.41, 5.74) is 3.84. The Balaban J connectivity index is 1.50. The van der Waals surface area contributed by atoms with Crippen LogP contribution in [0.3, 0.4) is 0 Å². The Morgan fingerprint density at radius 2 is 2.14 bits per heavy atom. The molecule has 2 aliphatic heterocycles. The minimum Gasteiger partial charge on any atom is -0.459 e. The second kappa shape index (κ2) is 7.04. The van der Waals surface area contributed by atoms with Crippen molar-refractivity contribution in [1.29, 1.82) is 0 Å². The van der Waals surface area contributed by atoms with Gasteiger partial charge in [0.05, 0.1) is 18.4 Å². The summed E-state index contributed by atoms with van der Waals surface area (Å²) in [6, 6.07) is 12.0. The van der Waals surface area contributed by atoms with Crippen molar-refractivity contribution in [2.75, 3.05) is 20.1 Å². The van der Waals surface area contributed by atoms with Gasteiger partial charge in [0.2, 0.25) is 0 Å². The van der Waals surface area contributed by atoms with Crippen LogP contribution in [-0.2, 0) is 6.42 Å². The quantitative estimate of drug-likeness (QED) is 0.717. The maximum atomic E-state index is 12.9. The fourth-order valence-corrected chi connectivity index (χ4v) is 5.29. The number of carbonyl (C=O) groups excluding carboxylic acids is 1. The molecule has 0 spiro atoms. The third-order valence-corrected chi connectivity index (χ3v) is 6.84. The molecule has 1 aromatic carbocycles. The molecule has 1 fully saturated rings. The van der Waals surface area contributed by atoms with E-state index in [-0.39, 0.29) is 23.9 Å². The first-order chi connectivity index (χ1) is 14.0. The second-order valence-electron chi connectivity index (χ2n) is 8.42. The molecule has 2 aromatic heterocycles. The summed E-state index contributed by atoms with van der Waals surface area (Å²) < 4.78 is 5.34. The van der Waals surface area contributed by atoms with E-state index in [0.29, 0.717) is 5.76 Å². The molecule has 3 aromatic rings. The highest BCUT2D eigenvalue weighted by Crippen LogP contribution is 2.42. The number of hydrogen-bond acceptors (Lipinski definition) is 4. The molecule has 0 unspecified atom stereocenters. The summed E-state index contributed by atoms with van der Waals surface area (Å²) in [4.78, 5) is 20.8. The number of H-pyrrole nitrogens is 1. The molecule has 0 aliphatic carbocycles. The maximum Gasteiger partial charge on any atom is 0.289 e. The van der Waals surface area contributed by atoms with Crippen LogP contribution in [0.1, 0.15) is 41.2 Å². The molecule has 152 valence electrons. The van der Waals surface area contributed by atoms with Crippen molar-refractivity contribution in [3.05, 3.63) is 59.7 Å². The molecule has 1 amide bonds. The highest BCUT2D eigenvalue weighted by atomic mass is 16.3. The highest BCUT2D eigenvalue weighted by molar-refractivity contribution is 5.91. The first-order valence-corrected chi connectivity index (χ1v) is 10.4. The average molecular weight is 393 g/mol. The van der Waals surface area contributed by atoms with Crippen LogP contribution in [0.2, 0.25) is 0 Å². The number of carbonyl (C=O) groups is 1. The standard InChI is InChI=1S/C23H27N3O3/c1-14(27)17-13-26-10-9-16-15-6-3-4-7-18(15)24-22(16)20(26)12-19(17)25(2)23(28)21-8-5-11-29-21/h3-8,11,14,17,19-20,24,27H,9-10,12-13H2,1-2H3/t14-,17-,19-,20-/m0/s1. The van der Waals surface area contributed by atoms with Gasteiger partial charge in [-0.1, -0.05) is 18.2 Å². The number of aromatic amines is 1. The van der Waals surface area contributed by atoms with Gasteiger partial charge in [-0.2, -0.15) is 0 Å². The number of para-hydroxylation sites is 1. The van der Waals surface area contributed by atoms with Gasteiger partial charge in [0, 0.05) is 48.7 Å². The van der Waals surface area contributed by atoms with Gasteiger partial charge in [-0.3, -0.25) is 9.69 Å². The number of aliphatic hydroxyl groups is 1. The zero-order valence-corrected chi connectivity index (χ0v) is 16.8. The largest absolute Gasteiger partial charge is 0.459 e. The van der Waals surface area contributed by atoms with Crippen molar-refractivity contribution < 1.29 is 14.3 Å². The van der Waals surface area contributed by atoms with Crippen molar-refractivity contribution in [2.45, 2.75) is 38.0 Å². The number of benzene rings is 1. The van der Waals surface area contributed by atoms with Crippen molar-refractivity contribution in [2.24, 2.45) is 5.92 Å². The van der Waals surface area contributed by atoms with Gasteiger partial charge >= 0.3 is 0 Å². The molecular formula is C23H27N3O3.